The molecule has 0 unspecified atom stereocenters. The number of hydrogen-bond donors (Lipinski definition) is 0. The van der Waals surface area contributed by atoms with Crippen LogP contribution in [0.1, 0.15) is 23.6 Å². The van der Waals surface area contributed by atoms with Gasteiger partial charge in [0.15, 0.2) is 23.0 Å². The van der Waals surface area contributed by atoms with E-state index >= 15 is 0 Å². The van der Waals surface area contributed by atoms with Crippen molar-refractivity contribution in [1.29, 1.82) is 0 Å². The van der Waals surface area contributed by atoms with E-state index in [1.807, 2.05) is 49.4 Å². The van der Waals surface area contributed by atoms with Crippen LogP contribution >= 0.6 is 12.4 Å². The van der Waals surface area contributed by atoms with Gasteiger partial charge in [0, 0.05) is 23.3 Å². The topological polar surface area (TPSA) is 61.6 Å². The molecule has 6 nitrogen and oxygen atoms in total. The van der Waals surface area contributed by atoms with Gasteiger partial charge in [-0.2, -0.15) is 10.2 Å². The van der Waals surface area contributed by atoms with Gasteiger partial charge in [-0.1, -0.05) is 12.1 Å². The number of hydrogen-bond acceptors (Lipinski definition) is 6. The van der Waals surface area contributed by atoms with Crippen LogP contribution < -0.4 is 18.9 Å². The molecule has 2 aliphatic heterocycles. The largest absolute Gasteiger partial charge is 0.493 e. The Bertz CT molecular complexity index is 983. The molecule has 0 saturated carbocycles. The summed E-state index contributed by atoms with van der Waals surface area (Å²) in [5, 5.41) is 8.76. The molecule has 0 N–H and O–H groups in total. The lowest BCUT2D eigenvalue weighted by Gasteiger charge is -2.10. The Balaban J connectivity index is 0.00000225. The second kappa shape index (κ2) is 8.35. The van der Waals surface area contributed by atoms with Gasteiger partial charge in [-0.25, -0.2) is 0 Å². The Morgan fingerprint density at radius 1 is 1.00 bits per heavy atom. The first-order chi connectivity index (χ1) is 13.2. The number of ether oxygens (including phenoxy) is 4. The summed E-state index contributed by atoms with van der Waals surface area (Å²) >= 11 is 0. The minimum atomic E-state index is 0. The molecular weight excluding hydrogens is 380 g/mol. The van der Waals surface area contributed by atoms with E-state index in [9.17, 15) is 0 Å². The van der Waals surface area contributed by atoms with E-state index in [-0.39, 0.29) is 19.2 Å². The molecule has 0 aliphatic carbocycles. The highest BCUT2D eigenvalue weighted by atomic mass is 35.5. The van der Waals surface area contributed by atoms with E-state index in [0.29, 0.717) is 11.5 Å². The summed E-state index contributed by atoms with van der Waals surface area (Å²) in [7, 11) is 3.25. The Hall–Kier alpha value is -2.99. The van der Waals surface area contributed by atoms with E-state index < -0.39 is 0 Å². The fourth-order valence-corrected chi connectivity index (χ4v) is 3.21. The number of methoxy groups -OCH3 is 2. The van der Waals surface area contributed by atoms with Crippen molar-refractivity contribution >= 4 is 29.9 Å². The van der Waals surface area contributed by atoms with E-state index in [1.54, 1.807) is 14.2 Å². The molecule has 0 bridgehead atoms. The van der Waals surface area contributed by atoms with Gasteiger partial charge >= 0.3 is 0 Å². The average molecular weight is 401 g/mol. The smallest absolute Gasteiger partial charge is 0.231 e. The van der Waals surface area contributed by atoms with Crippen molar-refractivity contribution in [2.45, 2.75) is 13.3 Å². The summed E-state index contributed by atoms with van der Waals surface area (Å²) in [4.78, 5) is 0. The zero-order chi connectivity index (χ0) is 18.8. The van der Waals surface area contributed by atoms with E-state index in [4.69, 9.17) is 18.9 Å². The Morgan fingerprint density at radius 2 is 1.79 bits per heavy atom. The monoisotopic (exact) mass is 400 g/mol. The predicted octanol–water partition coefficient (Wildman–Crippen LogP) is 4.29. The molecule has 146 valence electrons. The normalized spacial score (nSPS) is 14.5. The number of halogens is 1. The van der Waals surface area contributed by atoms with Crippen LogP contribution in [0.2, 0.25) is 0 Å². The van der Waals surface area contributed by atoms with Crippen LogP contribution in [-0.4, -0.2) is 32.4 Å². The van der Waals surface area contributed by atoms with Crippen molar-refractivity contribution in [2.24, 2.45) is 10.2 Å². The lowest BCUT2D eigenvalue weighted by atomic mass is 9.97. The molecule has 2 heterocycles. The molecular formula is C21H21ClN2O4. The molecule has 0 amide bonds. The Kier molecular flexibility index (Phi) is 5.90. The van der Waals surface area contributed by atoms with Gasteiger partial charge in [0.2, 0.25) is 6.79 Å². The number of benzene rings is 2. The van der Waals surface area contributed by atoms with Gasteiger partial charge in [-0.3, -0.25) is 0 Å². The number of nitrogens with zero attached hydrogens (tertiary/aromatic N) is 2. The third-order valence-electron chi connectivity index (χ3n) is 4.50. The molecule has 28 heavy (non-hydrogen) atoms. The Labute approximate surface area is 169 Å². The maximum Gasteiger partial charge on any atom is 0.231 e. The number of rotatable bonds is 4. The van der Waals surface area contributed by atoms with Crippen LogP contribution in [0.5, 0.6) is 23.0 Å². The molecule has 0 atom stereocenters. The highest BCUT2D eigenvalue weighted by molar-refractivity contribution is 6.13. The number of allylic oxidation sites excluding steroid dienone is 1. The highest BCUT2D eigenvalue weighted by Gasteiger charge is 2.21. The molecule has 2 aliphatic rings. The fraction of sp³-hybridized carbons (Fsp3) is 0.238. The summed E-state index contributed by atoms with van der Waals surface area (Å²) in [6, 6.07) is 9.73. The van der Waals surface area contributed by atoms with Crippen LogP contribution in [0.15, 0.2) is 46.6 Å². The predicted molar refractivity (Wildman–Crippen MR) is 112 cm³/mol. The maximum atomic E-state index is 5.53. The summed E-state index contributed by atoms with van der Waals surface area (Å²) in [5.74, 6) is 2.85. The summed E-state index contributed by atoms with van der Waals surface area (Å²) in [5.41, 5.74) is 4.69. The van der Waals surface area contributed by atoms with Crippen molar-refractivity contribution < 1.29 is 18.9 Å². The molecule has 2 aromatic carbocycles. The van der Waals surface area contributed by atoms with Gasteiger partial charge in [0.1, 0.15) is 0 Å². The van der Waals surface area contributed by atoms with Gasteiger partial charge in [-0.05, 0) is 42.8 Å². The molecule has 2 aromatic rings. The number of para-hydroxylation sites is 1. The van der Waals surface area contributed by atoms with E-state index in [2.05, 4.69) is 10.2 Å². The molecule has 4 rings (SSSR count). The highest BCUT2D eigenvalue weighted by Crippen LogP contribution is 2.36. The van der Waals surface area contributed by atoms with Gasteiger partial charge in [0.05, 0.1) is 19.9 Å². The van der Waals surface area contributed by atoms with Gasteiger partial charge in [-0.15, -0.1) is 12.4 Å². The summed E-state index contributed by atoms with van der Waals surface area (Å²) in [6.45, 7) is 2.21. The van der Waals surface area contributed by atoms with Crippen LogP contribution in [0.4, 0.5) is 0 Å². The molecule has 0 fully saturated rings. The third kappa shape index (κ3) is 3.68. The zero-order valence-corrected chi connectivity index (χ0v) is 16.7. The van der Waals surface area contributed by atoms with Crippen molar-refractivity contribution in [1.82, 2.24) is 0 Å². The summed E-state index contributed by atoms with van der Waals surface area (Å²) < 4.78 is 21.9. The SMILES string of the molecule is COc1cccc(C=CC2=NN=C(C)Cc3cc4c(cc32)OCO4)c1OC.Cl. The Morgan fingerprint density at radius 3 is 2.54 bits per heavy atom. The second-order valence-corrected chi connectivity index (χ2v) is 6.28. The van der Waals surface area contributed by atoms with Crippen LogP contribution in [0, 0.1) is 0 Å². The van der Waals surface area contributed by atoms with Crippen LogP contribution in [-0.2, 0) is 6.42 Å². The van der Waals surface area contributed by atoms with Crippen molar-refractivity contribution in [3.63, 3.8) is 0 Å². The standard InChI is InChI=1S/C21H20N2O4.ClH/c1-13-9-15-10-19-20(27-12-26-19)11-16(15)17(23-22-13)8-7-14-5-4-6-18(24-2)21(14)25-3;/h4-8,10-11H,9,12H2,1-3H3;1H. The zero-order valence-electron chi connectivity index (χ0n) is 15.9. The van der Waals surface area contributed by atoms with Gasteiger partial charge in [0.25, 0.3) is 0 Å². The molecule has 0 radical (unpaired) electrons. The molecule has 7 heteroatoms. The van der Waals surface area contributed by atoms with Crippen LogP contribution in [0.25, 0.3) is 6.08 Å². The average Bonchev–Trinajstić information content (AvgIpc) is 3.08. The lowest BCUT2D eigenvalue weighted by Crippen LogP contribution is -2.03. The van der Waals surface area contributed by atoms with E-state index in [1.165, 1.54) is 0 Å². The van der Waals surface area contributed by atoms with Gasteiger partial charge < -0.3 is 18.9 Å². The van der Waals surface area contributed by atoms with Crippen LogP contribution in [0.3, 0.4) is 0 Å². The number of fused-ring (bicyclic) bond motifs is 2. The first-order valence-electron chi connectivity index (χ1n) is 8.62. The minimum absolute atomic E-state index is 0. The van der Waals surface area contributed by atoms with Crippen molar-refractivity contribution in [2.75, 3.05) is 21.0 Å². The summed E-state index contributed by atoms with van der Waals surface area (Å²) in [6.07, 6.45) is 4.60. The van der Waals surface area contributed by atoms with Crippen molar-refractivity contribution in [3.8, 4) is 23.0 Å². The first-order valence-corrected chi connectivity index (χ1v) is 8.62. The quantitative estimate of drug-likeness (QED) is 0.768. The van der Waals surface area contributed by atoms with Crippen molar-refractivity contribution in [3.05, 3.63) is 53.1 Å². The molecule has 0 spiro atoms. The van der Waals surface area contributed by atoms with E-state index in [0.717, 1.165) is 46.0 Å². The lowest BCUT2D eigenvalue weighted by molar-refractivity contribution is 0.174. The third-order valence-corrected chi connectivity index (χ3v) is 4.50. The first kappa shape index (κ1) is 19.8. The second-order valence-electron chi connectivity index (χ2n) is 6.28. The minimum Gasteiger partial charge on any atom is -0.493 e. The fourth-order valence-electron chi connectivity index (χ4n) is 3.21. The maximum absolute atomic E-state index is 5.53. The molecule has 0 saturated heterocycles. The molecule has 0 aromatic heterocycles.